The van der Waals surface area contributed by atoms with Gasteiger partial charge in [0.1, 0.15) is 17.0 Å². The van der Waals surface area contributed by atoms with Crippen molar-refractivity contribution in [1.82, 2.24) is 9.78 Å². The standard InChI is InChI=1S/C22H17N3O4S/c1-13-6-8-15(9-7-13)25-20(17-11-30(28)12-18(17)24-25)23-21(26)16-10-14-4-2-3-5-19(14)29-22(16)27/h2-10H,11-12H2,1H3,(H,23,26)/t30-/m1/s1. The van der Waals surface area contributed by atoms with Crippen LogP contribution in [0.4, 0.5) is 5.82 Å². The number of aryl methyl sites for hydroxylation is 1. The van der Waals surface area contributed by atoms with E-state index in [1.165, 1.54) is 6.07 Å². The molecule has 0 saturated carbocycles. The number of rotatable bonds is 3. The molecule has 0 fully saturated rings. The normalized spacial score (nSPS) is 15.3. The molecule has 0 radical (unpaired) electrons. The quantitative estimate of drug-likeness (QED) is 0.514. The fourth-order valence-corrected chi connectivity index (χ4v) is 4.79. The summed E-state index contributed by atoms with van der Waals surface area (Å²) in [7, 11) is -1.06. The summed E-state index contributed by atoms with van der Waals surface area (Å²) in [6, 6.07) is 16.2. The molecule has 7 nitrogen and oxygen atoms in total. The zero-order valence-corrected chi connectivity index (χ0v) is 16.9. The lowest BCUT2D eigenvalue weighted by molar-refractivity contribution is 0.102. The van der Waals surface area contributed by atoms with Crippen LogP contribution in [-0.2, 0) is 22.3 Å². The Labute approximate surface area is 173 Å². The van der Waals surface area contributed by atoms with Crippen molar-refractivity contribution in [2.75, 3.05) is 5.32 Å². The Morgan fingerprint density at radius 3 is 2.70 bits per heavy atom. The monoisotopic (exact) mass is 419 g/mol. The average molecular weight is 419 g/mol. The minimum absolute atomic E-state index is 0.0989. The number of carbonyl (C=O) groups is 1. The van der Waals surface area contributed by atoms with Crippen molar-refractivity contribution < 1.29 is 13.4 Å². The second-order valence-corrected chi connectivity index (χ2v) is 8.65. The molecule has 1 amide bonds. The lowest BCUT2D eigenvalue weighted by atomic mass is 10.1. The number of nitrogens with one attached hydrogen (secondary N) is 1. The van der Waals surface area contributed by atoms with Gasteiger partial charge in [0.25, 0.3) is 5.91 Å². The van der Waals surface area contributed by atoms with Crippen LogP contribution >= 0.6 is 0 Å². The minimum atomic E-state index is -1.06. The fourth-order valence-electron chi connectivity index (χ4n) is 3.52. The first-order valence-corrected chi connectivity index (χ1v) is 10.9. The Hall–Kier alpha value is -3.52. The van der Waals surface area contributed by atoms with Crippen molar-refractivity contribution >= 4 is 33.5 Å². The summed E-state index contributed by atoms with van der Waals surface area (Å²) in [5.74, 6) is 0.485. The molecule has 150 valence electrons. The molecule has 0 spiro atoms. The fraction of sp³-hybridized carbons (Fsp3) is 0.136. The van der Waals surface area contributed by atoms with Gasteiger partial charge in [0.15, 0.2) is 0 Å². The number of aromatic nitrogens is 2. The van der Waals surface area contributed by atoms with E-state index in [1.54, 1.807) is 28.9 Å². The molecule has 8 heteroatoms. The van der Waals surface area contributed by atoms with Gasteiger partial charge in [-0.05, 0) is 31.2 Å². The van der Waals surface area contributed by atoms with Gasteiger partial charge in [0.05, 0.1) is 22.9 Å². The van der Waals surface area contributed by atoms with Gasteiger partial charge in [-0.1, -0.05) is 35.9 Å². The summed E-state index contributed by atoms with van der Waals surface area (Å²) in [5, 5.41) is 8.03. The predicted octanol–water partition coefficient (Wildman–Crippen LogP) is 3.30. The molecule has 4 aromatic rings. The zero-order chi connectivity index (χ0) is 20.8. The Balaban J connectivity index is 1.58. The first kappa shape index (κ1) is 18.5. The van der Waals surface area contributed by atoms with Crippen molar-refractivity contribution in [2.24, 2.45) is 0 Å². The largest absolute Gasteiger partial charge is 0.422 e. The summed E-state index contributed by atoms with van der Waals surface area (Å²) >= 11 is 0. The van der Waals surface area contributed by atoms with Crippen LogP contribution in [0, 0.1) is 6.92 Å². The number of carbonyl (C=O) groups excluding carboxylic acids is 1. The third-order valence-corrected chi connectivity index (χ3v) is 6.27. The van der Waals surface area contributed by atoms with Crippen LogP contribution in [0.2, 0.25) is 0 Å². The second kappa shape index (κ2) is 7.07. The first-order chi connectivity index (χ1) is 14.5. The van der Waals surface area contributed by atoms with E-state index in [1.807, 2.05) is 31.2 Å². The van der Waals surface area contributed by atoms with E-state index in [2.05, 4.69) is 10.4 Å². The Morgan fingerprint density at radius 1 is 1.13 bits per heavy atom. The van der Waals surface area contributed by atoms with Crippen molar-refractivity contribution in [2.45, 2.75) is 18.4 Å². The summed E-state index contributed by atoms with van der Waals surface area (Å²) in [6.45, 7) is 1.98. The number of anilines is 1. The molecule has 1 N–H and O–H groups in total. The third kappa shape index (κ3) is 3.15. The molecule has 0 unspecified atom stereocenters. The number of nitrogens with zero attached hydrogens (tertiary/aromatic N) is 2. The van der Waals surface area contributed by atoms with Gasteiger partial charge in [0, 0.05) is 21.7 Å². The first-order valence-electron chi connectivity index (χ1n) is 9.36. The molecule has 0 bridgehead atoms. The molecular weight excluding hydrogens is 402 g/mol. The van der Waals surface area contributed by atoms with Crippen molar-refractivity contribution in [1.29, 1.82) is 0 Å². The van der Waals surface area contributed by atoms with Crippen LogP contribution in [0.1, 0.15) is 27.2 Å². The zero-order valence-electron chi connectivity index (χ0n) is 16.0. The number of fused-ring (bicyclic) bond motifs is 2. The molecule has 3 heterocycles. The number of para-hydroxylation sites is 1. The van der Waals surface area contributed by atoms with Crippen LogP contribution in [0.5, 0.6) is 0 Å². The third-order valence-electron chi connectivity index (χ3n) is 5.07. The van der Waals surface area contributed by atoms with Gasteiger partial charge in [-0.2, -0.15) is 5.10 Å². The van der Waals surface area contributed by atoms with Crippen LogP contribution in [0.3, 0.4) is 0 Å². The van der Waals surface area contributed by atoms with E-state index < -0.39 is 22.3 Å². The van der Waals surface area contributed by atoms with Gasteiger partial charge in [0.2, 0.25) is 0 Å². The Bertz CT molecular complexity index is 1390. The van der Waals surface area contributed by atoms with E-state index >= 15 is 0 Å². The topological polar surface area (TPSA) is 94.2 Å². The smallest absolute Gasteiger partial charge is 0.349 e. The van der Waals surface area contributed by atoms with Gasteiger partial charge in [-0.15, -0.1) is 0 Å². The van der Waals surface area contributed by atoms with Crippen LogP contribution in [-0.4, -0.2) is 19.9 Å². The van der Waals surface area contributed by atoms with E-state index in [4.69, 9.17) is 4.42 Å². The van der Waals surface area contributed by atoms with Crippen molar-refractivity contribution in [3.8, 4) is 5.69 Å². The lowest BCUT2D eigenvalue weighted by Gasteiger charge is -2.11. The van der Waals surface area contributed by atoms with Crippen LogP contribution in [0.15, 0.2) is 63.8 Å². The molecule has 5 rings (SSSR count). The SMILES string of the molecule is Cc1ccc(-n2nc3c(c2NC(=O)c2cc4ccccc4oc2=O)C[S@@](=O)C3)cc1. The summed E-state index contributed by atoms with van der Waals surface area (Å²) < 4.78 is 19.0. The van der Waals surface area contributed by atoms with E-state index in [-0.39, 0.29) is 5.56 Å². The second-order valence-electron chi connectivity index (χ2n) is 7.19. The van der Waals surface area contributed by atoms with E-state index in [0.29, 0.717) is 34.0 Å². The van der Waals surface area contributed by atoms with Gasteiger partial charge in [-0.25, -0.2) is 9.48 Å². The Kier molecular flexibility index (Phi) is 4.36. The number of benzene rings is 2. The van der Waals surface area contributed by atoms with Gasteiger partial charge < -0.3 is 9.73 Å². The maximum atomic E-state index is 13.0. The molecule has 30 heavy (non-hydrogen) atoms. The highest BCUT2D eigenvalue weighted by atomic mass is 32.2. The van der Waals surface area contributed by atoms with Crippen molar-refractivity contribution in [3.63, 3.8) is 0 Å². The average Bonchev–Trinajstić information content (AvgIpc) is 3.25. The van der Waals surface area contributed by atoms with Crippen LogP contribution in [0.25, 0.3) is 16.7 Å². The van der Waals surface area contributed by atoms with E-state index in [9.17, 15) is 13.8 Å². The number of hydrogen-bond donors (Lipinski definition) is 1. The lowest BCUT2D eigenvalue weighted by Crippen LogP contribution is -2.22. The summed E-state index contributed by atoms with van der Waals surface area (Å²) in [6.07, 6.45) is 0. The van der Waals surface area contributed by atoms with Crippen molar-refractivity contribution in [3.05, 3.63) is 87.4 Å². The molecule has 1 aliphatic rings. The molecule has 1 atom stereocenters. The van der Waals surface area contributed by atoms with E-state index in [0.717, 1.165) is 16.8 Å². The highest BCUT2D eigenvalue weighted by Crippen LogP contribution is 2.31. The highest BCUT2D eigenvalue weighted by molar-refractivity contribution is 7.83. The maximum Gasteiger partial charge on any atom is 0.349 e. The predicted molar refractivity (Wildman–Crippen MR) is 114 cm³/mol. The Morgan fingerprint density at radius 2 is 1.90 bits per heavy atom. The van der Waals surface area contributed by atoms with Crippen LogP contribution < -0.4 is 10.9 Å². The molecule has 2 aromatic heterocycles. The van der Waals surface area contributed by atoms with Gasteiger partial charge >= 0.3 is 5.63 Å². The van der Waals surface area contributed by atoms with Gasteiger partial charge in [-0.3, -0.25) is 9.00 Å². The molecule has 0 aliphatic carbocycles. The highest BCUT2D eigenvalue weighted by Gasteiger charge is 2.29. The summed E-state index contributed by atoms with van der Waals surface area (Å²) in [5.41, 5.74) is 2.88. The molecule has 2 aromatic carbocycles. The molecular formula is C22H17N3O4S. The minimum Gasteiger partial charge on any atom is -0.422 e. The number of hydrogen-bond acceptors (Lipinski definition) is 5. The number of amides is 1. The maximum absolute atomic E-state index is 13.0. The molecule has 0 saturated heterocycles. The molecule has 1 aliphatic heterocycles. The summed E-state index contributed by atoms with van der Waals surface area (Å²) in [4.78, 5) is 25.4.